The van der Waals surface area contributed by atoms with Gasteiger partial charge in [0.1, 0.15) is 23.4 Å². The highest BCUT2D eigenvalue weighted by molar-refractivity contribution is 6.04. The smallest absolute Gasteiger partial charge is 0.410 e. The molecule has 0 atom stereocenters. The fourth-order valence-corrected chi connectivity index (χ4v) is 3.34. The second-order valence-electron chi connectivity index (χ2n) is 8.57. The zero-order valence-corrected chi connectivity index (χ0v) is 18.0. The number of hydrogen-bond acceptors (Lipinski definition) is 8. The molecule has 11 heteroatoms. The van der Waals surface area contributed by atoms with E-state index in [1.807, 2.05) is 20.8 Å². The third-order valence-corrected chi connectivity index (χ3v) is 5.00. The molecule has 3 heterocycles. The standard InChI is InChI=1S/C20H27N5O6/c1-20(2,3)31-19(29)25-7-5-12(6-8-25)9-14-23-15(16(26)18(28)24(14)4)17(27)22-13-10-21-30-11-13/h10-12,26H,5-9H2,1-4H3,(H,22,27). The van der Waals surface area contributed by atoms with Gasteiger partial charge in [0.15, 0.2) is 5.69 Å². The Morgan fingerprint density at radius 2 is 2.00 bits per heavy atom. The number of carbonyl (C=O) groups excluding carboxylic acids is 2. The monoisotopic (exact) mass is 433 g/mol. The van der Waals surface area contributed by atoms with Crippen molar-refractivity contribution in [1.82, 2.24) is 19.6 Å². The van der Waals surface area contributed by atoms with Gasteiger partial charge in [-0.3, -0.25) is 14.2 Å². The molecule has 0 aromatic carbocycles. The van der Waals surface area contributed by atoms with E-state index in [4.69, 9.17) is 4.74 Å². The number of nitrogens with zero attached hydrogens (tertiary/aromatic N) is 4. The largest absolute Gasteiger partial charge is 0.501 e. The Bertz CT molecular complexity index is 1000. The van der Waals surface area contributed by atoms with Crippen LogP contribution in [-0.2, 0) is 18.2 Å². The average Bonchev–Trinajstić information content (AvgIpc) is 3.20. The van der Waals surface area contributed by atoms with Crippen LogP contribution < -0.4 is 10.9 Å². The quantitative estimate of drug-likeness (QED) is 0.745. The lowest BCUT2D eigenvalue weighted by atomic mass is 9.93. The number of amides is 2. The fourth-order valence-electron chi connectivity index (χ4n) is 3.34. The predicted molar refractivity (Wildman–Crippen MR) is 110 cm³/mol. The van der Waals surface area contributed by atoms with Crippen molar-refractivity contribution in [2.75, 3.05) is 18.4 Å². The zero-order chi connectivity index (χ0) is 22.8. The van der Waals surface area contributed by atoms with Crippen LogP contribution in [0.1, 0.15) is 49.9 Å². The molecule has 0 unspecified atom stereocenters. The van der Waals surface area contributed by atoms with Crippen molar-refractivity contribution in [2.45, 2.75) is 45.6 Å². The van der Waals surface area contributed by atoms with E-state index in [0.29, 0.717) is 38.2 Å². The summed E-state index contributed by atoms with van der Waals surface area (Å²) in [6.07, 6.45) is 4.01. The lowest BCUT2D eigenvalue weighted by molar-refractivity contribution is 0.0183. The van der Waals surface area contributed by atoms with Crippen LogP contribution in [0.3, 0.4) is 0 Å². The van der Waals surface area contributed by atoms with Gasteiger partial charge in [-0.2, -0.15) is 0 Å². The molecular weight excluding hydrogens is 406 g/mol. The minimum atomic E-state index is -0.737. The van der Waals surface area contributed by atoms with Gasteiger partial charge in [0.05, 0.1) is 6.20 Å². The normalized spacial score (nSPS) is 15.0. The number of hydrogen-bond donors (Lipinski definition) is 2. The van der Waals surface area contributed by atoms with Gasteiger partial charge in [-0.1, -0.05) is 5.16 Å². The van der Waals surface area contributed by atoms with Gasteiger partial charge in [0, 0.05) is 26.6 Å². The molecule has 11 nitrogen and oxygen atoms in total. The van der Waals surface area contributed by atoms with Crippen LogP contribution in [0.2, 0.25) is 0 Å². The van der Waals surface area contributed by atoms with Crippen LogP contribution in [-0.4, -0.2) is 55.4 Å². The van der Waals surface area contributed by atoms with Gasteiger partial charge in [-0.05, 0) is 39.5 Å². The number of ether oxygens (including phenoxy) is 1. The lowest BCUT2D eigenvalue weighted by Crippen LogP contribution is -2.42. The van der Waals surface area contributed by atoms with Gasteiger partial charge in [0.2, 0.25) is 5.75 Å². The molecule has 0 saturated carbocycles. The molecule has 0 radical (unpaired) electrons. The van der Waals surface area contributed by atoms with E-state index < -0.39 is 22.8 Å². The van der Waals surface area contributed by atoms with Crippen molar-refractivity contribution < 1.29 is 24.0 Å². The summed E-state index contributed by atoms with van der Waals surface area (Å²) in [4.78, 5) is 43.0. The maximum Gasteiger partial charge on any atom is 0.410 e. The van der Waals surface area contributed by atoms with Crippen molar-refractivity contribution in [3.8, 4) is 5.75 Å². The molecule has 3 rings (SSSR count). The molecule has 1 aliphatic rings. The van der Waals surface area contributed by atoms with Crippen molar-refractivity contribution in [1.29, 1.82) is 0 Å². The third-order valence-electron chi connectivity index (χ3n) is 5.00. The van der Waals surface area contributed by atoms with E-state index in [9.17, 15) is 19.5 Å². The van der Waals surface area contributed by atoms with Crippen molar-refractivity contribution in [3.63, 3.8) is 0 Å². The van der Waals surface area contributed by atoms with Crippen molar-refractivity contribution in [3.05, 3.63) is 34.3 Å². The Kier molecular flexibility index (Phi) is 6.32. The summed E-state index contributed by atoms with van der Waals surface area (Å²) in [6.45, 7) is 6.54. The van der Waals surface area contributed by atoms with Crippen LogP contribution in [0, 0.1) is 5.92 Å². The first-order chi connectivity index (χ1) is 14.5. The molecular formula is C20H27N5O6. The van der Waals surface area contributed by atoms with Gasteiger partial charge in [-0.25, -0.2) is 9.78 Å². The van der Waals surface area contributed by atoms with Crippen LogP contribution in [0.15, 0.2) is 21.8 Å². The minimum absolute atomic E-state index is 0.162. The molecule has 1 saturated heterocycles. The maximum atomic E-state index is 12.5. The van der Waals surface area contributed by atoms with E-state index in [1.165, 1.54) is 24.1 Å². The van der Waals surface area contributed by atoms with Crippen molar-refractivity contribution in [2.24, 2.45) is 13.0 Å². The molecule has 2 N–H and O–H groups in total. The number of aromatic nitrogens is 3. The number of likely N-dealkylation sites (tertiary alicyclic amines) is 1. The van der Waals surface area contributed by atoms with Crippen LogP contribution in [0.5, 0.6) is 5.75 Å². The van der Waals surface area contributed by atoms with E-state index in [-0.39, 0.29) is 23.4 Å². The van der Waals surface area contributed by atoms with Crippen molar-refractivity contribution >= 4 is 17.7 Å². The third kappa shape index (κ3) is 5.41. The summed E-state index contributed by atoms with van der Waals surface area (Å²) in [5, 5.41) is 16.1. The molecule has 0 bridgehead atoms. The summed E-state index contributed by atoms with van der Waals surface area (Å²) in [5.41, 5.74) is -1.33. The molecule has 31 heavy (non-hydrogen) atoms. The van der Waals surface area contributed by atoms with Gasteiger partial charge < -0.3 is 24.6 Å². The van der Waals surface area contributed by atoms with E-state index >= 15 is 0 Å². The Balaban J connectivity index is 1.69. The molecule has 2 aromatic heterocycles. The molecule has 1 aliphatic heterocycles. The average molecular weight is 433 g/mol. The molecule has 2 aromatic rings. The summed E-state index contributed by atoms with van der Waals surface area (Å²) in [6, 6.07) is 0. The van der Waals surface area contributed by atoms with E-state index in [1.54, 1.807) is 4.90 Å². The van der Waals surface area contributed by atoms with E-state index in [2.05, 4.69) is 20.0 Å². The molecule has 0 spiro atoms. The zero-order valence-electron chi connectivity index (χ0n) is 18.0. The number of carbonyl (C=O) groups is 2. The number of rotatable bonds is 4. The highest BCUT2D eigenvalue weighted by atomic mass is 16.6. The number of aromatic hydroxyl groups is 1. The topological polar surface area (TPSA) is 140 Å². The van der Waals surface area contributed by atoms with Crippen LogP contribution in [0.25, 0.3) is 0 Å². The minimum Gasteiger partial charge on any atom is -0.501 e. The fraction of sp³-hybridized carbons (Fsp3) is 0.550. The molecule has 0 aliphatic carbocycles. The van der Waals surface area contributed by atoms with Crippen LogP contribution in [0.4, 0.5) is 10.5 Å². The van der Waals surface area contributed by atoms with Gasteiger partial charge in [-0.15, -0.1) is 0 Å². The first-order valence-electron chi connectivity index (χ1n) is 10.0. The number of piperidine rings is 1. The maximum absolute atomic E-state index is 12.5. The SMILES string of the molecule is Cn1c(CC2CCN(C(=O)OC(C)(C)C)CC2)nc(C(=O)Nc2cnoc2)c(O)c1=O. The Morgan fingerprint density at radius 3 is 2.58 bits per heavy atom. The Labute approximate surface area is 179 Å². The summed E-state index contributed by atoms with van der Waals surface area (Å²) >= 11 is 0. The second-order valence-corrected chi connectivity index (χ2v) is 8.57. The van der Waals surface area contributed by atoms with Gasteiger partial charge in [0.25, 0.3) is 11.5 Å². The lowest BCUT2D eigenvalue weighted by Gasteiger charge is -2.33. The molecule has 1 fully saturated rings. The summed E-state index contributed by atoms with van der Waals surface area (Å²) < 4.78 is 11.3. The number of anilines is 1. The first kappa shape index (κ1) is 22.3. The first-order valence-corrected chi connectivity index (χ1v) is 10.0. The summed E-state index contributed by atoms with van der Waals surface area (Å²) in [5.74, 6) is -0.913. The number of nitrogens with one attached hydrogen (secondary N) is 1. The predicted octanol–water partition coefficient (Wildman–Crippen LogP) is 1.92. The highest BCUT2D eigenvalue weighted by Crippen LogP contribution is 2.23. The van der Waals surface area contributed by atoms with Crippen LogP contribution >= 0.6 is 0 Å². The highest BCUT2D eigenvalue weighted by Gasteiger charge is 2.28. The Hall–Kier alpha value is -3.37. The molecule has 168 valence electrons. The van der Waals surface area contributed by atoms with E-state index in [0.717, 1.165) is 0 Å². The second kappa shape index (κ2) is 8.78. The summed E-state index contributed by atoms with van der Waals surface area (Å²) in [7, 11) is 1.50. The Morgan fingerprint density at radius 1 is 1.32 bits per heavy atom. The van der Waals surface area contributed by atoms with Gasteiger partial charge >= 0.3 is 6.09 Å². The molecule has 2 amide bonds.